The fraction of sp³-hybridized carbons (Fsp3) is 0.400. The highest BCUT2D eigenvalue weighted by atomic mass is 32.2. The molecule has 0 spiro atoms. The molecule has 0 atom stereocenters. The fourth-order valence-electron chi connectivity index (χ4n) is 1.60. The van der Waals surface area contributed by atoms with E-state index in [-0.39, 0.29) is 5.56 Å². The van der Waals surface area contributed by atoms with Crippen molar-refractivity contribution in [3.05, 3.63) is 22.1 Å². The van der Waals surface area contributed by atoms with Crippen LogP contribution in [0.15, 0.2) is 16.0 Å². The highest BCUT2D eigenvalue weighted by Gasteiger charge is 2.10. The van der Waals surface area contributed by atoms with Crippen molar-refractivity contribution in [2.24, 2.45) is 0 Å². The maximum absolute atomic E-state index is 11.4. The Balaban J connectivity index is 2.56. The average Bonchev–Trinajstić information content (AvgIpc) is 2.69. The highest BCUT2D eigenvalue weighted by molar-refractivity contribution is 7.99. The summed E-state index contributed by atoms with van der Waals surface area (Å²) >= 11 is 1.31. The van der Waals surface area contributed by atoms with Crippen molar-refractivity contribution < 1.29 is 0 Å². The van der Waals surface area contributed by atoms with Crippen LogP contribution in [0.2, 0.25) is 0 Å². The first kappa shape index (κ1) is 11.7. The summed E-state index contributed by atoms with van der Waals surface area (Å²) in [7, 11) is 0. The largest absolute Gasteiger partial charge is 0.291 e. The first-order chi connectivity index (χ1) is 8.26. The van der Waals surface area contributed by atoms with Crippen LogP contribution in [-0.4, -0.2) is 25.3 Å². The van der Waals surface area contributed by atoms with Crippen LogP contribution in [-0.2, 0) is 6.42 Å². The van der Waals surface area contributed by atoms with E-state index >= 15 is 0 Å². The van der Waals surface area contributed by atoms with Crippen LogP contribution in [0.4, 0.5) is 0 Å². The van der Waals surface area contributed by atoms with Crippen LogP contribution < -0.4 is 5.56 Å². The molecule has 2 aromatic rings. The molecule has 88 valence electrons. The van der Waals surface area contributed by atoms with Gasteiger partial charge in [0.15, 0.2) is 5.16 Å². The number of H-pyrrole nitrogens is 1. The molecule has 7 heteroatoms. The number of rotatable bonds is 4. The standard InChI is InChI=1S/C10H11N5OS/c1-2-3-7-6-8(16)12-9-13-14-10(15(7)9)17-5-4-11/h6H,2-3,5H2,1H3,(H,12,13,16). The summed E-state index contributed by atoms with van der Waals surface area (Å²) in [5.74, 6) is 0.743. The molecule has 0 saturated carbocycles. The molecule has 0 radical (unpaired) electrons. The van der Waals surface area contributed by atoms with Crippen molar-refractivity contribution in [1.82, 2.24) is 19.6 Å². The van der Waals surface area contributed by atoms with Gasteiger partial charge in [-0.3, -0.25) is 14.2 Å². The van der Waals surface area contributed by atoms with Crippen molar-refractivity contribution in [1.29, 1.82) is 5.26 Å². The van der Waals surface area contributed by atoms with Crippen LogP contribution in [0.5, 0.6) is 0 Å². The Hall–Kier alpha value is -1.81. The number of aromatic amines is 1. The Labute approximate surface area is 102 Å². The summed E-state index contributed by atoms with van der Waals surface area (Å²) in [6.45, 7) is 2.04. The third kappa shape index (κ3) is 2.31. The molecule has 0 fully saturated rings. The van der Waals surface area contributed by atoms with E-state index in [1.165, 1.54) is 11.8 Å². The van der Waals surface area contributed by atoms with Gasteiger partial charge < -0.3 is 0 Å². The molecule has 0 saturated heterocycles. The van der Waals surface area contributed by atoms with Crippen molar-refractivity contribution in [2.75, 3.05) is 5.75 Å². The number of nitrogens with one attached hydrogen (secondary N) is 1. The van der Waals surface area contributed by atoms with Crippen molar-refractivity contribution in [3.63, 3.8) is 0 Å². The van der Waals surface area contributed by atoms with Crippen LogP contribution in [0, 0.1) is 11.3 Å². The molecular formula is C10H11N5OS. The fourth-order valence-corrected chi connectivity index (χ4v) is 2.23. The second-order valence-electron chi connectivity index (χ2n) is 3.46. The maximum atomic E-state index is 11.4. The minimum atomic E-state index is -0.176. The van der Waals surface area contributed by atoms with E-state index in [1.807, 2.05) is 13.0 Å². The number of nitriles is 1. The maximum Gasteiger partial charge on any atom is 0.252 e. The molecule has 2 aromatic heterocycles. The predicted octanol–water partition coefficient (Wildman–Crippen LogP) is 0.986. The second-order valence-corrected chi connectivity index (χ2v) is 4.41. The number of thioether (sulfide) groups is 1. The van der Waals surface area contributed by atoms with E-state index in [4.69, 9.17) is 5.26 Å². The summed E-state index contributed by atoms with van der Waals surface area (Å²) in [5.41, 5.74) is 0.696. The zero-order valence-corrected chi connectivity index (χ0v) is 10.1. The second kappa shape index (κ2) is 5.01. The normalized spacial score (nSPS) is 10.6. The Morgan fingerprint density at radius 3 is 3.12 bits per heavy atom. The molecule has 2 rings (SSSR count). The van der Waals surface area contributed by atoms with E-state index < -0.39 is 0 Å². The monoisotopic (exact) mass is 249 g/mol. The number of aryl methyl sites for hydroxylation is 1. The van der Waals surface area contributed by atoms with Gasteiger partial charge in [-0.25, -0.2) is 0 Å². The topological polar surface area (TPSA) is 86.8 Å². The zero-order valence-electron chi connectivity index (χ0n) is 9.30. The first-order valence-electron chi connectivity index (χ1n) is 5.23. The molecule has 0 unspecified atom stereocenters. The lowest BCUT2D eigenvalue weighted by molar-refractivity contribution is 0.801. The van der Waals surface area contributed by atoms with Crippen LogP contribution in [0.1, 0.15) is 19.0 Å². The summed E-state index contributed by atoms with van der Waals surface area (Å²) in [4.78, 5) is 14.0. The Morgan fingerprint density at radius 1 is 1.59 bits per heavy atom. The number of fused-ring (bicyclic) bond motifs is 1. The molecule has 0 amide bonds. The minimum Gasteiger partial charge on any atom is -0.291 e. The molecule has 2 heterocycles. The Bertz CT molecular complexity index is 624. The van der Waals surface area contributed by atoms with E-state index in [0.29, 0.717) is 16.7 Å². The van der Waals surface area contributed by atoms with Gasteiger partial charge in [-0.05, 0) is 6.42 Å². The quantitative estimate of drug-likeness (QED) is 0.816. The van der Waals surface area contributed by atoms with Gasteiger partial charge in [-0.15, -0.1) is 10.2 Å². The van der Waals surface area contributed by atoms with Gasteiger partial charge in [-0.1, -0.05) is 25.1 Å². The van der Waals surface area contributed by atoms with E-state index in [0.717, 1.165) is 18.5 Å². The van der Waals surface area contributed by atoms with Crippen LogP contribution in [0.3, 0.4) is 0 Å². The molecule has 0 bridgehead atoms. The lowest BCUT2D eigenvalue weighted by atomic mass is 10.2. The van der Waals surface area contributed by atoms with Gasteiger partial charge in [-0.2, -0.15) is 5.26 Å². The SMILES string of the molecule is CCCc1cc(=O)[nH]c2nnc(SCC#N)n12. The molecule has 0 aliphatic heterocycles. The van der Waals surface area contributed by atoms with E-state index in [1.54, 1.807) is 10.5 Å². The van der Waals surface area contributed by atoms with Crippen molar-refractivity contribution in [2.45, 2.75) is 24.9 Å². The Kier molecular flexibility index (Phi) is 3.44. The third-order valence-corrected chi connectivity index (χ3v) is 3.02. The molecule has 0 aliphatic carbocycles. The number of nitrogens with zero attached hydrogens (tertiary/aromatic N) is 4. The van der Waals surface area contributed by atoms with Crippen LogP contribution in [0.25, 0.3) is 5.78 Å². The van der Waals surface area contributed by atoms with Crippen molar-refractivity contribution in [3.8, 4) is 6.07 Å². The average molecular weight is 249 g/mol. The molecule has 1 N–H and O–H groups in total. The van der Waals surface area contributed by atoms with Gasteiger partial charge in [0.2, 0.25) is 5.78 Å². The molecule has 6 nitrogen and oxygen atoms in total. The molecule has 17 heavy (non-hydrogen) atoms. The van der Waals surface area contributed by atoms with Gasteiger partial charge >= 0.3 is 0 Å². The van der Waals surface area contributed by atoms with E-state index in [2.05, 4.69) is 15.2 Å². The van der Waals surface area contributed by atoms with E-state index in [9.17, 15) is 4.79 Å². The van der Waals surface area contributed by atoms with Crippen LogP contribution >= 0.6 is 11.8 Å². The zero-order chi connectivity index (χ0) is 12.3. The van der Waals surface area contributed by atoms with Gasteiger partial charge in [0.05, 0.1) is 11.8 Å². The molecule has 0 aromatic carbocycles. The molecule has 0 aliphatic rings. The van der Waals surface area contributed by atoms with Gasteiger partial charge in [0, 0.05) is 11.8 Å². The number of hydrogen-bond donors (Lipinski definition) is 1. The summed E-state index contributed by atoms with van der Waals surface area (Å²) in [6.07, 6.45) is 1.71. The lowest BCUT2D eigenvalue weighted by Gasteiger charge is -2.04. The van der Waals surface area contributed by atoms with Crippen molar-refractivity contribution >= 4 is 17.5 Å². The third-order valence-electron chi connectivity index (χ3n) is 2.23. The smallest absolute Gasteiger partial charge is 0.252 e. The number of hydrogen-bond acceptors (Lipinski definition) is 5. The highest BCUT2D eigenvalue weighted by Crippen LogP contribution is 2.17. The number of aromatic nitrogens is 4. The summed E-state index contributed by atoms with van der Waals surface area (Å²) < 4.78 is 1.80. The Morgan fingerprint density at radius 2 is 2.41 bits per heavy atom. The molecular weight excluding hydrogens is 238 g/mol. The summed E-state index contributed by atoms with van der Waals surface area (Å²) in [5, 5.41) is 17.1. The first-order valence-corrected chi connectivity index (χ1v) is 6.22. The van der Waals surface area contributed by atoms with Gasteiger partial charge in [0.25, 0.3) is 5.56 Å². The minimum absolute atomic E-state index is 0.176. The summed E-state index contributed by atoms with van der Waals surface area (Å²) in [6, 6.07) is 3.60. The lowest BCUT2D eigenvalue weighted by Crippen LogP contribution is -2.11. The van der Waals surface area contributed by atoms with Gasteiger partial charge in [0.1, 0.15) is 0 Å². The predicted molar refractivity (Wildman–Crippen MR) is 63.9 cm³/mol.